The van der Waals surface area contributed by atoms with Crippen LogP contribution in [-0.4, -0.2) is 22.3 Å². The Morgan fingerprint density at radius 1 is 1.28 bits per heavy atom. The zero-order chi connectivity index (χ0) is 12.9. The number of allylic oxidation sites excluding steroid dienone is 2. The summed E-state index contributed by atoms with van der Waals surface area (Å²) in [6, 6.07) is 0. The Labute approximate surface area is 107 Å². The van der Waals surface area contributed by atoms with Crippen LogP contribution in [-0.2, 0) is 9.59 Å². The van der Waals surface area contributed by atoms with Crippen LogP contribution < -0.4 is 0 Å². The van der Waals surface area contributed by atoms with Crippen molar-refractivity contribution in [3.05, 3.63) is 11.1 Å². The van der Waals surface area contributed by atoms with E-state index in [1.165, 1.54) is 18.1 Å². The van der Waals surface area contributed by atoms with Gasteiger partial charge < -0.3 is 5.11 Å². The lowest BCUT2D eigenvalue weighted by Gasteiger charge is -2.33. The lowest BCUT2D eigenvalue weighted by atomic mass is 9.71. The van der Waals surface area contributed by atoms with E-state index < -0.39 is 5.60 Å². The van der Waals surface area contributed by atoms with Crippen LogP contribution >= 0.6 is 0 Å². The van der Waals surface area contributed by atoms with Gasteiger partial charge in [0, 0.05) is 12.8 Å². The van der Waals surface area contributed by atoms with Crippen LogP contribution in [0, 0.1) is 11.8 Å². The average Bonchev–Trinajstić information content (AvgIpc) is 2.67. The predicted octanol–water partition coefficient (Wildman–Crippen LogP) is 2.18. The van der Waals surface area contributed by atoms with Crippen LogP contribution in [0.2, 0.25) is 0 Å². The molecule has 0 aromatic heterocycles. The minimum atomic E-state index is -1.10. The first kappa shape index (κ1) is 12.1. The highest BCUT2D eigenvalue weighted by atomic mass is 16.3. The molecule has 0 aromatic rings. The van der Waals surface area contributed by atoms with E-state index in [1.54, 1.807) is 0 Å². The van der Waals surface area contributed by atoms with Crippen molar-refractivity contribution in [2.24, 2.45) is 11.8 Å². The van der Waals surface area contributed by atoms with E-state index in [-0.39, 0.29) is 5.78 Å². The second kappa shape index (κ2) is 4.02. The Morgan fingerprint density at radius 3 is 2.78 bits per heavy atom. The normalized spacial score (nSPS) is 39.6. The van der Waals surface area contributed by atoms with E-state index in [1.807, 2.05) is 0 Å². The Balaban J connectivity index is 1.89. The highest BCUT2D eigenvalue weighted by molar-refractivity contribution is 5.85. The van der Waals surface area contributed by atoms with Gasteiger partial charge in [-0.1, -0.05) is 11.1 Å². The smallest absolute Gasteiger partial charge is 0.161 e. The summed E-state index contributed by atoms with van der Waals surface area (Å²) in [5, 5.41) is 10.4. The van der Waals surface area contributed by atoms with Crippen molar-refractivity contribution in [1.29, 1.82) is 0 Å². The summed E-state index contributed by atoms with van der Waals surface area (Å²) < 4.78 is 0. The highest BCUT2D eigenvalue weighted by Crippen LogP contribution is 2.52. The number of Topliss-reactive ketones (excluding diaryl/α,β-unsaturated/α-hetero) is 2. The third kappa shape index (κ3) is 1.76. The fraction of sp³-hybridized carbons (Fsp3) is 0.733. The second-order valence-electron chi connectivity index (χ2n) is 6.25. The van der Waals surface area contributed by atoms with Gasteiger partial charge in [0.2, 0.25) is 0 Å². The first-order valence-electron chi connectivity index (χ1n) is 6.95. The van der Waals surface area contributed by atoms with Gasteiger partial charge in [-0.2, -0.15) is 0 Å². The lowest BCUT2D eigenvalue weighted by Crippen LogP contribution is -2.34. The monoisotopic (exact) mass is 248 g/mol. The van der Waals surface area contributed by atoms with Crippen LogP contribution in [0.25, 0.3) is 0 Å². The fourth-order valence-corrected chi connectivity index (χ4v) is 4.14. The molecule has 0 aliphatic heterocycles. The molecule has 3 rings (SSSR count). The van der Waals surface area contributed by atoms with Crippen LogP contribution in [0.4, 0.5) is 0 Å². The summed E-state index contributed by atoms with van der Waals surface area (Å²) in [5.41, 5.74) is 1.63. The maximum absolute atomic E-state index is 11.6. The number of carbonyl (C=O) groups excluding carboxylic acids is 2. The fourth-order valence-electron chi connectivity index (χ4n) is 4.14. The van der Waals surface area contributed by atoms with Gasteiger partial charge in [0.05, 0.1) is 0 Å². The largest absolute Gasteiger partial charge is 0.382 e. The van der Waals surface area contributed by atoms with E-state index in [0.29, 0.717) is 43.3 Å². The molecule has 3 aliphatic rings. The maximum Gasteiger partial charge on any atom is 0.161 e. The molecule has 3 atom stereocenters. The molecule has 1 saturated carbocycles. The molecule has 0 heterocycles. The van der Waals surface area contributed by atoms with Crippen molar-refractivity contribution in [1.82, 2.24) is 0 Å². The van der Waals surface area contributed by atoms with E-state index in [9.17, 15) is 14.7 Å². The Morgan fingerprint density at radius 2 is 2.06 bits per heavy atom. The van der Waals surface area contributed by atoms with Gasteiger partial charge in [0.25, 0.3) is 0 Å². The van der Waals surface area contributed by atoms with Crippen LogP contribution in [0.1, 0.15) is 51.9 Å². The summed E-state index contributed by atoms with van der Waals surface area (Å²) in [4.78, 5) is 23.1. The van der Waals surface area contributed by atoms with Gasteiger partial charge in [-0.15, -0.1) is 0 Å². The molecule has 0 saturated heterocycles. The molecule has 0 bridgehead atoms. The molecular formula is C15H20O3. The molecule has 3 heteroatoms. The van der Waals surface area contributed by atoms with Crippen LogP contribution in [0.5, 0.6) is 0 Å². The maximum atomic E-state index is 11.6. The minimum absolute atomic E-state index is 0.0917. The number of hydrogen-bond acceptors (Lipinski definition) is 3. The van der Waals surface area contributed by atoms with E-state index in [4.69, 9.17) is 0 Å². The Bertz CT molecular complexity index is 449. The molecule has 3 aliphatic carbocycles. The molecular weight excluding hydrogens is 228 g/mol. The van der Waals surface area contributed by atoms with Crippen molar-refractivity contribution < 1.29 is 14.7 Å². The summed E-state index contributed by atoms with van der Waals surface area (Å²) >= 11 is 0. The topological polar surface area (TPSA) is 54.4 Å². The average molecular weight is 248 g/mol. The number of fused-ring (bicyclic) bond motifs is 2. The lowest BCUT2D eigenvalue weighted by molar-refractivity contribution is -0.134. The van der Waals surface area contributed by atoms with Gasteiger partial charge in [0.1, 0.15) is 11.4 Å². The first-order valence-corrected chi connectivity index (χ1v) is 6.95. The Kier molecular flexibility index (Phi) is 2.70. The number of aliphatic hydroxyl groups is 1. The van der Waals surface area contributed by atoms with Gasteiger partial charge in [0.15, 0.2) is 5.78 Å². The quantitative estimate of drug-likeness (QED) is 0.724. The van der Waals surface area contributed by atoms with E-state index in [0.717, 1.165) is 19.3 Å². The van der Waals surface area contributed by atoms with Crippen molar-refractivity contribution in [2.75, 3.05) is 0 Å². The standard InChI is InChI=1S/C15H20O3/c1-9(16)15(18)7-11-3-2-10-6-12(17)4-5-13(10)14(11)8-15/h11,14,18H,2-8H2,1H3/t11-,14+,15-/m0/s1. The third-order valence-electron chi connectivity index (χ3n) is 5.18. The van der Waals surface area contributed by atoms with Crippen molar-refractivity contribution in [3.8, 4) is 0 Å². The van der Waals surface area contributed by atoms with Gasteiger partial charge >= 0.3 is 0 Å². The zero-order valence-corrected chi connectivity index (χ0v) is 10.9. The minimum Gasteiger partial charge on any atom is -0.382 e. The summed E-state index contributed by atoms with van der Waals surface area (Å²) in [7, 11) is 0. The summed E-state index contributed by atoms with van der Waals surface area (Å²) in [5.74, 6) is 1.07. The highest BCUT2D eigenvalue weighted by Gasteiger charge is 2.50. The summed E-state index contributed by atoms with van der Waals surface area (Å²) in [6.45, 7) is 1.50. The Hall–Kier alpha value is -0.960. The molecule has 98 valence electrons. The molecule has 0 aromatic carbocycles. The van der Waals surface area contributed by atoms with Crippen molar-refractivity contribution in [3.63, 3.8) is 0 Å². The predicted molar refractivity (Wildman–Crippen MR) is 67.0 cm³/mol. The summed E-state index contributed by atoms with van der Waals surface area (Å²) in [6.07, 6.45) is 5.38. The molecule has 0 unspecified atom stereocenters. The second-order valence-corrected chi connectivity index (χ2v) is 6.25. The molecule has 18 heavy (non-hydrogen) atoms. The van der Waals surface area contributed by atoms with Crippen LogP contribution in [0.3, 0.4) is 0 Å². The van der Waals surface area contributed by atoms with E-state index >= 15 is 0 Å². The SMILES string of the molecule is CC(=O)[C@]1(O)C[C@@H]2CCC3=C(CCC(=O)C3)[C@@H]2C1. The van der Waals surface area contributed by atoms with Crippen molar-refractivity contribution >= 4 is 11.6 Å². The van der Waals surface area contributed by atoms with Crippen molar-refractivity contribution in [2.45, 2.75) is 57.5 Å². The first-order chi connectivity index (χ1) is 8.49. The van der Waals surface area contributed by atoms with Crippen LogP contribution in [0.15, 0.2) is 11.1 Å². The molecule has 0 spiro atoms. The number of carbonyl (C=O) groups is 2. The molecule has 0 amide bonds. The zero-order valence-electron chi connectivity index (χ0n) is 10.9. The van der Waals surface area contributed by atoms with Gasteiger partial charge in [-0.3, -0.25) is 9.59 Å². The third-order valence-corrected chi connectivity index (χ3v) is 5.18. The number of ketones is 2. The van der Waals surface area contributed by atoms with E-state index in [2.05, 4.69) is 0 Å². The van der Waals surface area contributed by atoms with Gasteiger partial charge in [-0.05, 0) is 50.9 Å². The molecule has 3 nitrogen and oxygen atoms in total. The number of hydrogen-bond donors (Lipinski definition) is 1. The molecule has 0 radical (unpaired) electrons. The molecule has 1 N–H and O–H groups in total. The molecule has 1 fully saturated rings. The number of rotatable bonds is 1. The van der Waals surface area contributed by atoms with Gasteiger partial charge in [-0.25, -0.2) is 0 Å².